The maximum atomic E-state index is 13.6. The average Bonchev–Trinajstić information content (AvgIpc) is 2.34. The molecule has 2 rings (SSSR count). The van der Waals surface area contributed by atoms with Crippen molar-refractivity contribution in [2.75, 3.05) is 13.1 Å². The van der Waals surface area contributed by atoms with Crippen LogP contribution in [-0.4, -0.2) is 23.9 Å². The van der Waals surface area contributed by atoms with Crippen LogP contribution in [0.5, 0.6) is 0 Å². The summed E-state index contributed by atoms with van der Waals surface area (Å²) in [4.78, 5) is 13.9. The Morgan fingerprint density at radius 1 is 1.44 bits per heavy atom. The second-order valence-electron chi connectivity index (χ2n) is 4.94. The molecule has 1 saturated heterocycles. The fourth-order valence-corrected chi connectivity index (χ4v) is 2.45. The summed E-state index contributed by atoms with van der Waals surface area (Å²) in [5.74, 6) is 0.237. The quantitative estimate of drug-likeness (QED) is 0.807. The third-order valence-corrected chi connectivity index (χ3v) is 3.88. The Morgan fingerprint density at radius 2 is 2.11 bits per heavy atom. The Bertz CT molecular complexity index is 421. The average molecular weight is 270 g/mol. The van der Waals surface area contributed by atoms with Crippen molar-refractivity contribution in [3.63, 3.8) is 0 Å². The van der Waals surface area contributed by atoms with E-state index in [0.29, 0.717) is 16.5 Å². The Hall–Kier alpha value is -1.09. The summed E-state index contributed by atoms with van der Waals surface area (Å²) in [6, 6.07) is 4.51. The number of amides is 1. The van der Waals surface area contributed by atoms with Crippen molar-refractivity contribution >= 4 is 17.5 Å². The third-order valence-electron chi connectivity index (χ3n) is 3.53. The van der Waals surface area contributed by atoms with Gasteiger partial charge in [-0.2, -0.15) is 0 Å². The maximum Gasteiger partial charge on any atom is 0.227 e. The van der Waals surface area contributed by atoms with Crippen LogP contribution in [0.2, 0.25) is 5.02 Å². The van der Waals surface area contributed by atoms with Crippen molar-refractivity contribution in [1.29, 1.82) is 0 Å². The normalized spacial score (nSPS) is 16.9. The van der Waals surface area contributed by atoms with Crippen LogP contribution in [0.3, 0.4) is 0 Å². The van der Waals surface area contributed by atoms with Crippen LogP contribution in [0.15, 0.2) is 18.2 Å². The van der Waals surface area contributed by atoms with Gasteiger partial charge in [0.25, 0.3) is 0 Å². The van der Waals surface area contributed by atoms with Gasteiger partial charge in [-0.25, -0.2) is 4.39 Å². The van der Waals surface area contributed by atoms with Gasteiger partial charge in [0.15, 0.2) is 0 Å². The Morgan fingerprint density at radius 3 is 2.72 bits per heavy atom. The van der Waals surface area contributed by atoms with Gasteiger partial charge in [-0.3, -0.25) is 4.79 Å². The molecule has 0 spiro atoms. The maximum absolute atomic E-state index is 13.6. The van der Waals surface area contributed by atoms with E-state index < -0.39 is 5.82 Å². The van der Waals surface area contributed by atoms with E-state index in [2.05, 4.69) is 6.92 Å². The highest BCUT2D eigenvalue weighted by molar-refractivity contribution is 6.31. The summed E-state index contributed by atoms with van der Waals surface area (Å²) in [6.07, 6.45) is 2.10. The molecule has 1 aliphatic heterocycles. The molecule has 1 aromatic carbocycles. The number of carbonyl (C=O) groups excluding carboxylic acids is 1. The van der Waals surface area contributed by atoms with Crippen molar-refractivity contribution in [2.24, 2.45) is 5.92 Å². The molecule has 1 amide bonds. The molecule has 1 heterocycles. The first-order chi connectivity index (χ1) is 8.58. The molecule has 1 aliphatic rings. The lowest BCUT2D eigenvalue weighted by atomic mass is 9.98. The first kappa shape index (κ1) is 13.3. The fraction of sp³-hybridized carbons (Fsp3) is 0.500. The zero-order valence-electron chi connectivity index (χ0n) is 10.5. The van der Waals surface area contributed by atoms with E-state index in [9.17, 15) is 9.18 Å². The molecule has 4 heteroatoms. The lowest BCUT2D eigenvalue weighted by molar-refractivity contribution is -0.131. The molecule has 0 aromatic heterocycles. The number of halogens is 2. The third kappa shape index (κ3) is 3.02. The van der Waals surface area contributed by atoms with Gasteiger partial charge in [-0.1, -0.05) is 24.6 Å². The predicted octanol–water partition coefficient (Wildman–Crippen LogP) is 3.28. The van der Waals surface area contributed by atoms with E-state index in [1.54, 1.807) is 12.1 Å². The van der Waals surface area contributed by atoms with E-state index in [0.717, 1.165) is 25.9 Å². The molecular weight excluding hydrogens is 253 g/mol. The molecule has 0 radical (unpaired) electrons. The van der Waals surface area contributed by atoms with Gasteiger partial charge in [0.05, 0.1) is 6.42 Å². The molecule has 0 atom stereocenters. The van der Waals surface area contributed by atoms with Crippen LogP contribution in [0.4, 0.5) is 4.39 Å². The van der Waals surface area contributed by atoms with E-state index in [4.69, 9.17) is 11.6 Å². The lowest BCUT2D eigenvalue weighted by Gasteiger charge is -2.30. The molecule has 1 fully saturated rings. The fourth-order valence-electron chi connectivity index (χ4n) is 2.22. The topological polar surface area (TPSA) is 20.3 Å². The molecule has 0 N–H and O–H groups in total. The molecule has 0 unspecified atom stereocenters. The minimum absolute atomic E-state index is 0.0334. The van der Waals surface area contributed by atoms with Gasteiger partial charge >= 0.3 is 0 Å². The Labute approximate surface area is 112 Å². The number of carbonyl (C=O) groups is 1. The minimum atomic E-state index is -0.402. The molecule has 0 bridgehead atoms. The number of likely N-dealkylation sites (tertiary alicyclic amines) is 1. The summed E-state index contributed by atoms with van der Waals surface area (Å²) < 4.78 is 13.6. The monoisotopic (exact) mass is 269 g/mol. The largest absolute Gasteiger partial charge is 0.342 e. The smallest absolute Gasteiger partial charge is 0.227 e. The summed E-state index contributed by atoms with van der Waals surface area (Å²) >= 11 is 5.92. The number of piperidine rings is 1. The molecule has 1 aromatic rings. The minimum Gasteiger partial charge on any atom is -0.342 e. The molecule has 2 nitrogen and oxygen atoms in total. The van der Waals surface area contributed by atoms with Crippen LogP contribution in [0, 0.1) is 11.7 Å². The van der Waals surface area contributed by atoms with Gasteiger partial charge in [0.1, 0.15) is 5.82 Å². The number of benzene rings is 1. The number of rotatable bonds is 2. The standard InChI is InChI=1S/C14H17ClFNO/c1-10-5-7-17(8-6-10)14(18)9-11-12(15)3-2-4-13(11)16/h2-4,10H,5-9H2,1H3. The first-order valence-corrected chi connectivity index (χ1v) is 6.66. The van der Waals surface area contributed by atoms with Crippen molar-refractivity contribution in [3.05, 3.63) is 34.6 Å². The van der Waals surface area contributed by atoms with E-state index >= 15 is 0 Å². The van der Waals surface area contributed by atoms with Gasteiger partial charge in [-0.05, 0) is 30.9 Å². The summed E-state index contributed by atoms with van der Waals surface area (Å²) in [5, 5.41) is 0.328. The number of nitrogens with zero attached hydrogens (tertiary/aromatic N) is 1. The molecule has 0 saturated carbocycles. The highest BCUT2D eigenvalue weighted by Gasteiger charge is 2.22. The van der Waals surface area contributed by atoms with Crippen LogP contribution < -0.4 is 0 Å². The zero-order chi connectivity index (χ0) is 13.1. The summed E-state index contributed by atoms with van der Waals surface area (Å²) in [6.45, 7) is 3.73. The number of hydrogen-bond donors (Lipinski definition) is 0. The van der Waals surface area contributed by atoms with Crippen LogP contribution in [-0.2, 0) is 11.2 Å². The van der Waals surface area contributed by atoms with E-state index in [-0.39, 0.29) is 12.3 Å². The predicted molar refractivity (Wildman–Crippen MR) is 70.1 cm³/mol. The lowest BCUT2D eigenvalue weighted by Crippen LogP contribution is -2.38. The second-order valence-corrected chi connectivity index (χ2v) is 5.35. The Balaban J connectivity index is 2.03. The zero-order valence-corrected chi connectivity index (χ0v) is 11.2. The molecule has 18 heavy (non-hydrogen) atoms. The van der Waals surface area contributed by atoms with Crippen molar-refractivity contribution in [2.45, 2.75) is 26.2 Å². The highest BCUT2D eigenvalue weighted by atomic mass is 35.5. The van der Waals surface area contributed by atoms with Gasteiger partial charge < -0.3 is 4.90 Å². The molecule has 0 aliphatic carbocycles. The van der Waals surface area contributed by atoms with Crippen molar-refractivity contribution in [1.82, 2.24) is 4.90 Å². The van der Waals surface area contributed by atoms with Crippen molar-refractivity contribution in [3.8, 4) is 0 Å². The van der Waals surface area contributed by atoms with Gasteiger partial charge in [0.2, 0.25) is 5.91 Å². The summed E-state index contributed by atoms with van der Waals surface area (Å²) in [5.41, 5.74) is 0.308. The SMILES string of the molecule is CC1CCN(C(=O)Cc2c(F)cccc2Cl)CC1. The van der Waals surface area contributed by atoms with Crippen LogP contribution >= 0.6 is 11.6 Å². The van der Waals surface area contributed by atoms with Crippen molar-refractivity contribution < 1.29 is 9.18 Å². The van der Waals surface area contributed by atoms with Crippen LogP contribution in [0.25, 0.3) is 0 Å². The molecular formula is C14H17ClFNO. The first-order valence-electron chi connectivity index (χ1n) is 6.28. The van der Waals surface area contributed by atoms with Gasteiger partial charge in [-0.15, -0.1) is 0 Å². The Kier molecular flexibility index (Phi) is 4.23. The number of hydrogen-bond acceptors (Lipinski definition) is 1. The highest BCUT2D eigenvalue weighted by Crippen LogP contribution is 2.22. The van der Waals surface area contributed by atoms with Crippen LogP contribution in [0.1, 0.15) is 25.3 Å². The molecule has 98 valence electrons. The van der Waals surface area contributed by atoms with E-state index in [1.807, 2.05) is 4.90 Å². The second kappa shape index (κ2) is 5.70. The summed E-state index contributed by atoms with van der Waals surface area (Å²) in [7, 11) is 0. The van der Waals surface area contributed by atoms with E-state index in [1.165, 1.54) is 6.07 Å². The van der Waals surface area contributed by atoms with Gasteiger partial charge in [0, 0.05) is 23.7 Å².